The lowest BCUT2D eigenvalue weighted by molar-refractivity contribution is 0.0594. The predicted molar refractivity (Wildman–Crippen MR) is 87.3 cm³/mol. The van der Waals surface area contributed by atoms with Gasteiger partial charge in [-0.15, -0.1) is 0 Å². The number of ether oxygens (including phenoxy) is 1. The van der Waals surface area contributed by atoms with Crippen molar-refractivity contribution in [2.75, 3.05) is 7.11 Å². The number of fused-ring (bicyclic) bond motifs is 1. The van der Waals surface area contributed by atoms with E-state index in [9.17, 15) is 4.79 Å². The molecule has 3 rings (SSSR count). The largest absolute Gasteiger partial charge is 0.464 e. The fourth-order valence-corrected chi connectivity index (χ4v) is 3.61. The molecule has 0 saturated carbocycles. The molecule has 0 spiro atoms. The van der Waals surface area contributed by atoms with Gasteiger partial charge in [0.05, 0.1) is 7.11 Å². The third-order valence-corrected chi connectivity index (χ3v) is 4.83. The smallest absolute Gasteiger partial charge is 0.354 e. The van der Waals surface area contributed by atoms with Crippen molar-refractivity contribution in [1.82, 2.24) is 4.98 Å². The number of H-pyrrole nitrogens is 1. The monoisotopic (exact) mass is 297 g/mol. The first-order valence-corrected chi connectivity index (χ1v) is 7.87. The Labute approximate surface area is 131 Å². The number of carbonyl (C=O) groups excluding carboxylic acids is 1. The summed E-state index contributed by atoms with van der Waals surface area (Å²) >= 11 is 0. The van der Waals surface area contributed by atoms with Crippen molar-refractivity contribution in [3.8, 4) is 0 Å². The quantitative estimate of drug-likeness (QED) is 0.859. The van der Waals surface area contributed by atoms with Crippen molar-refractivity contribution in [3.05, 3.63) is 58.9 Å². The Bertz CT molecular complexity index is 670. The zero-order valence-electron chi connectivity index (χ0n) is 13.5. The van der Waals surface area contributed by atoms with Crippen LogP contribution in [0.15, 0.2) is 36.4 Å². The van der Waals surface area contributed by atoms with Crippen LogP contribution in [0, 0.1) is 0 Å². The van der Waals surface area contributed by atoms with Gasteiger partial charge in [0.25, 0.3) is 0 Å². The molecule has 3 heteroatoms. The summed E-state index contributed by atoms with van der Waals surface area (Å²) in [5.41, 5.74) is 4.57. The number of methoxy groups -OCH3 is 1. The summed E-state index contributed by atoms with van der Waals surface area (Å²) in [4.78, 5) is 14.9. The van der Waals surface area contributed by atoms with E-state index < -0.39 is 0 Å². The molecule has 0 fully saturated rings. The fourth-order valence-electron chi connectivity index (χ4n) is 3.61. The van der Waals surface area contributed by atoms with Crippen molar-refractivity contribution in [3.63, 3.8) is 0 Å². The summed E-state index contributed by atoms with van der Waals surface area (Å²) in [5.74, 6) is 0.218. The van der Waals surface area contributed by atoms with Crippen LogP contribution in [0.2, 0.25) is 0 Å². The Kier molecular flexibility index (Phi) is 3.81. The molecule has 3 nitrogen and oxygen atoms in total. The fraction of sp³-hybridized carbons (Fsp3) is 0.421. The molecule has 1 heterocycles. The maximum atomic E-state index is 11.7. The van der Waals surface area contributed by atoms with Crippen LogP contribution in [-0.2, 0) is 16.6 Å². The second-order valence-electron chi connectivity index (χ2n) is 6.80. The third kappa shape index (κ3) is 2.68. The molecular formula is C19H23NO2. The molecule has 0 amide bonds. The van der Waals surface area contributed by atoms with E-state index in [0.29, 0.717) is 11.6 Å². The Morgan fingerprint density at radius 2 is 2.05 bits per heavy atom. The van der Waals surface area contributed by atoms with E-state index in [4.69, 9.17) is 4.74 Å². The lowest BCUT2D eigenvalue weighted by atomic mass is 9.76. The summed E-state index contributed by atoms with van der Waals surface area (Å²) in [6.07, 6.45) is 3.25. The summed E-state index contributed by atoms with van der Waals surface area (Å²) in [5, 5.41) is 0. The van der Waals surface area contributed by atoms with Gasteiger partial charge in [-0.1, -0.05) is 44.2 Å². The predicted octanol–water partition coefficient (Wildman–Crippen LogP) is 4.20. The summed E-state index contributed by atoms with van der Waals surface area (Å²) in [7, 11) is 1.42. The van der Waals surface area contributed by atoms with E-state index in [1.165, 1.54) is 23.9 Å². The number of aromatic amines is 1. The Morgan fingerprint density at radius 3 is 2.73 bits per heavy atom. The maximum Gasteiger partial charge on any atom is 0.354 e. The van der Waals surface area contributed by atoms with Crippen LogP contribution in [0.5, 0.6) is 0 Å². The molecule has 0 saturated heterocycles. The van der Waals surface area contributed by atoms with Crippen molar-refractivity contribution < 1.29 is 9.53 Å². The number of benzene rings is 1. The zero-order valence-corrected chi connectivity index (χ0v) is 13.5. The van der Waals surface area contributed by atoms with Gasteiger partial charge in [-0.05, 0) is 47.8 Å². The summed E-state index contributed by atoms with van der Waals surface area (Å²) in [6.45, 7) is 4.60. The number of aryl methyl sites for hydroxylation is 1. The second-order valence-corrected chi connectivity index (χ2v) is 6.80. The van der Waals surface area contributed by atoms with Gasteiger partial charge >= 0.3 is 5.97 Å². The van der Waals surface area contributed by atoms with Crippen LogP contribution in [0.25, 0.3) is 0 Å². The van der Waals surface area contributed by atoms with Crippen molar-refractivity contribution in [2.24, 2.45) is 0 Å². The molecule has 1 N–H and O–H groups in total. The van der Waals surface area contributed by atoms with E-state index >= 15 is 0 Å². The maximum absolute atomic E-state index is 11.7. The Hall–Kier alpha value is -2.03. The minimum atomic E-state index is -0.282. The first-order valence-electron chi connectivity index (χ1n) is 7.87. The van der Waals surface area contributed by atoms with Crippen molar-refractivity contribution in [2.45, 2.75) is 44.4 Å². The second kappa shape index (κ2) is 5.64. The summed E-state index contributed by atoms with van der Waals surface area (Å²) in [6, 6.07) is 12.6. The molecule has 0 unspecified atom stereocenters. The molecule has 1 aliphatic carbocycles. The molecule has 0 radical (unpaired) electrons. The first-order chi connectivity index (χ1) is 10.5. The lowest BCUT2D eigenvalue weighted by Gasteiger charge is -2.28. The number of carbonyl (C=O) groups is 1. The minimum Gasteiger partial charge on any atom is -0.464 e. The van der Waals surface area contributed by atoms with E-state index in [0.717, 1.165) is 19.3 Å². The Balaban J connectivity index is 1.81. The highest BCUT2D eigenvalue weighted by Crippen LogP contribution is 2.42. The molecule has 0 aliphatic heterocycles. The highest BCUT2D eigenvalue weighted by atomic mass is 16.5. The van der Waals surface area contributed by atoms with Gasteiger partial charge in [-0.3, -0.25) is 0 Å². The van der Waals surface area contributed by atoms with Crippen LogP contribution < -0.4 is 0 Å². The molecule has 0 bridgehead atoms. The van der Waals surface area contributed by atoms with Gasteiger partial charge in [0, 0.05) is 5.69 Å². The van der Waals surface area contributed by atoms with Crippen molar-refractivity contribution >= 4 is 5.97 Å². The topological polar surface area (TPSA) is 42.1 Å². The molecule has 116 valence electrons. The molecule has 22 heavy (non-hydrogen) atoms. The van der Waals surface area contributed by atoms with Gasteiger partial charge in [0.1, 0.15) is 5.69 Å². The highest BCUT2D eigenvalue weighted by Gasteiger charge is 2.32. The number of nitrogens with one attached hydrogen (secondary N) is 1. The van der Waals surface area contributed by atoms with Crippen LogP contribution in [-0.4, -0.2) is 18.1 Å². The number of esters is 1. The van der Waals surface area contributed by atoms with Gasteiger partial charge in [0.2, 0.25) is 0 Å². The van der Waals surface area contributed by atoms with E-state index in [2.05, 4.69) is 49.2 Å². The van der Waals surface area contributed by atoms with Crippen LogP contribution >= 0.6 is 0 Å². The SMILES string of the molecule is COC(=O)c1cc2c([nH]1)CC[C@H]2CC(C)(C)c1ccccc1. The first kappa shape index (κ1) is 14.9. The molecule has 1 aliphatic rings. The van der Waals surface area contributed by atoms with Crippen LogP contribution in [0.1, 0.15) is 59.9 Å². The molecule has 2 aromatic rings. The van der Waals surface area contributed by atoms with Gasteiger partial charge in [0.15, 0.2) is 0 Å². The zero-order chi connectivity index (χ0) is 15.7. The summed E-state index contributed by atoms with van der Waals surface area (Å²) < 4.78 is 4.81. The van der Waals surface area contributed by atoms with Gasteiger partial charge in [-0.2, -0.15) is 0 Å². The molecule has 1 atom stereocenters. The van der Waals surface area contributed by atoms with Crippen LogP contribution in [0.4, 0.5) is 0 Å². The standard InChI is InChI=1S/C19H23NO2/c1-19(2,14-7-5-4-6-8-14)12-13-9-10-16-15(13)11-17(20-16)18(21)22-3/h4-8,11,13,20H,9-10,12H2,1-3H3/t13-/m0/s1. The number of hydrogen-bond donors (Lipinski definition) is 1. The molecule has 1 aromatic heterocycles. The highest BCUT2D eigenvalue weighted by molar-refractivity contribution is 5.88. The van der Waals surface area contributed by atoms with Gasteiger partial charge in [-0.25, -0.2) is 4.79 Å². The van der Waals surface area contributed by atoms with Crippen LogP contribution in [0.3, 0.4) is 0 Å². The number of rotatable bonds is 4. The molecule has 1 aromatic carbocycles. The van der Waals surface area contributed by atoms with E-state index in [-0.39, 0.29) is 11.4 Å². The van der Waals surface area contributed by atoms with E-state index in [1.54, 1.807) is 0 Å². The lowest BCUT2D eigenvalue weighted by Crippen LogP contribution is -2.20. The normalized spacial score (nSPS) is 17.3. The van der Waals surface area contributed by atoms with E-state index in [1.807, 2.05) is 6.07 Å². The molecular weight excluding hydrogens is 274 g/mol. The average Bonchev–Trinajstić information content (AvgIpc) is 3.09. The van der Waals surface area contributed by atoms with Gasteiger partial charge < -0.3 is 9.72 Å². The number of aromatic nitrogens is 1. The Morgan fingerprint density at radius 1 is 1.32 bits per heavy atom. The third-order valence-electron chi connectivity index (χ3n) is 4.83. The van der Waals surface area contributed by atoms with Crippen molar-refractivity contribution in [1.29, 1.82) is 0 Å². The minimum absolute atomic E-state index is 0.121. The average molecular weight is 297 g/mol. The number of hydrogen-bond acceptors (Lipinski definition) is 2.